The summed E-state index contributed by atoms with van der Waals surface area (Å²) >= 11 is 0. The van der Waals surface area contributed by atoms with E-state index in [-0.39, 0.29) is 6.09 Å². The van der Waals surface area contributed by atoms with E-state index in [0.29, 0.717) is 17.8 Å². The summed E-state index contributed by atoms with van der Waals surface area (Å²) < 4.78 is 5.43. The van der Waals surface area contributed by atoms with Gasteiger partial charge in [-0.15, -0.1) is 0 Å². The van der Waals surface area contributed by atoms with Crippen molar-refractivity contribution >= 4 is 12.1 Å². The van der Waals surface area contributed by atoms with Gasteiger partial charge in [0.25, 0.3) is 0 Å². The largest absolute Gasteiger partial charge is 0.444 e. The van der Waals surface area contributed by atoms with Gasteiger partial charge < -0.3 is 20.3 Å². The fourth-order valence-electron chi connectivity index (χ4n) is 3.34. The topological polar surface area (TPSA) is 71.2 Å². The molecule has 0 radical (unpaired) electrons. The first-order valence-electron chi connectivity index (χ1n) is 9.27. The van der Waals surface area contributed by atoms with E-state index in [2.05, 4.69) is 16.8 Å². The number of ether oxygens (including phenoxy) is 1. The zero-order valence-corrected chi connectivity index (χ0v) is 15.8. The number of carbonyl (C=O) groups is 1. The number of carbonyl (C=O) groups excluding carboxylic acids is 1. The van der Waals surface area contributed by atoms with Crippen LogP contribution in [0.2, 0.25) is 0 Å². The lowest BCUT2D eigenvalue weighted by Gasteiger charge is -2.34. The lowest BCUT2D eigenvalue weighted by molar-refractivity contribution is 0.0187. The van der Waals surface area contributed by atoms with Gasteiger partial charge in [-0.25, -0.2) is 4.79 Å². The van der Waals surface area contributed by atoms with Gasteiger partial charge in [-0.2, -0.15) is 0 Å². The number of rotatable bonds is 2. The van der Waals surface area contributed by atoms with Gasteiger partial charge in [0.1, 0.15) is 5.60 Å². The number of likely N-dealkylation sites (tertiary alicyclic amines) is 2. The van der Waals surface area contributed by atoms with Crippen LogP contribution in [-0.2, 0) is 4.74 Å². The highest BCUT2D eigenvalue weighted by Gasteiger charge is 2.27. The Morgan fingerprint density at radius 1 is 1.17 bits per heavy atom. The molecule has 2 heterocycles. The van der Waals surface area contributed by atoms with Crippen LogP contribution in [0.25, 0.3) is 0 Å². The highest BCUT2D eigenvalue weighted by molar-refractivity contribution is 5.78. The van der Waals surface area contributed by atoms with Crippen molar-refractivity contribution in [3.8, 4) is 0 Å². The van der Waals surface area contributed by atoms with Crippen LogP contribution in [0.5, 0.6) is 0 Å². The quantitative estimate of drug-likeness (QED) is 0.621. The number of nitrogens with two attached hydrogens (primary N) is 1. The fraction of sp³-hybridized carbons (Fsp3) is 0.889. The van der Waals surface area contributed by atoms with Crippen LogP contribution < -0.4 is 5.73 Å². The summed E-state index contributed by atoms with van der Waals surface area (Å²) in [5.41, 5.74) is 5.73. The second-order valence-corrected chi connectivity index (χ2v) is 8.30. The summed E-state index contributed by atoms with van der Waals surface area (Å²) in [6, 6.07) is 0. The van der Waals surface area contributed by atoms with Crippen LogP contribution in [0, 0.1) is 11.8 Å². The van der Waals surface area contributed by atoms with E-state index in [1.807, 2.05) is 20.8 Å². The molecule has 1 amide bonds. The van der Waals surface area contributed by atoms with Gasteiger partial charge in [0.05, 0.1) is 0 Å². The van der Waals surface area contributed by atoms with Crippen LogP contribution in [-0.4, -0.2) is 60.2 Å². The molecule has 2 saturated heterocycles. The smallest absolute Gasteiger partial charge is 0.410 e. The number of hydrogen-bond acceptors (Lipinski definition) is 3. The number of guanidine groups is 1. The van der Waals surface area contributed by atoms with Crippen LogP contribution in [0.3, 0.4) is 0 Å². The molecule has 2 fully saturated rings. The average Bonchev–Trinajstić information content (AvgIpc) is 2.51. The Labute approximate surface area is 146 Å². The summed E-state index contributed by atoms with van der Waals surface area (Å²) in [6.07, 6.45) is 4.21. The van der Waals surface area contributed by atoms with Crippen molar-refractivity contribution in [1.29, 1.82) is 0 Å². The van der Waals surface area contributed by atoms with Crippen molar-refractivity contribution in [2.45, 2.75) is 59.0 Å². The Morgan fingerprint density at radius 2 is 1.83 bits per heavy atom. The molecule has 0 aromatic heterocycles. The molecule has 2 aliphatic heterocycles. The zero-order valence-electron chi connectivity index (χ0n) is 15.8. The first kappa shape index (κ1) is 18.9. The molecule has 0 aliphatic carbocycles. The molecule has 1 atom stereocenters. The predicted octanol–water partition coefficient (Wildman–Crippen LogP) is 2.68. The van der Waals surface area contributed by atoms with E-state index in [1.54, 1.807) is 4.90 Å². The normalized spacial score (nSPS) is 24.2. The molecule has 6 nitrogen and oxygen atoms in total. The number of amides is 1. The second kappa shape index (κ2) is 8.08. The molecule has 138 valence electrons. The van der Waals surface area contributed by atoms with Gasteiger partial charge in [-0.3, -0.25) is 4.99 Å². The molecule has 2 N–H and O–H groups in total. The Bertz CT molecular complexity index is 450. The van der Waals surface area contributed by atoms with Crippen LogP contribution in [0.1, 0.15) is 53.4 Å². The first-order valence-corrected chi connectivity index (χ1v) is 9.27. The number of nitrogens with zero attached hydrogens (tertiary/aromatic N) is 3. The molecule has 0 saturated carbocycles. The molecule has 1 unspecified atom stereocenters. The van der Waals surface area contributed by atoms with E-state index >= 15 is 0 Å². The Balaban J connectivity index is 1.74. The van der Waals surface area contributed by atoms with Gasteiger partial charge in [0.15, 0.2) is 5.96 Å². The Kier molecular flexibility index (Phi) is 6.35. The molecular formula is C18H34N4O2. The molecule has 0 aromatic rings. The van der Waals surface area contributed by atoms with Crippen LogP contribution in [0.15, 0.2) is 4.99 Å². The Morgan fingerprint density at radius 3 is 2.42 bits per heavy atom. The summed E-state index contributed by atoms with van der Waals surface area (Å²) in [5, 5.41) is 0. The lowest BCUT2D eigenvalue weighted by atomic mass is 9.97. The molecular weight excluding hydrogens is 304 g/mol. The Hall–Kier alpha value is -1.46. The minimum Gasteiger partial charge on any atom is -0.444 e. The molecule has 0 bridgehead atoms. The summed E-state index contributed by atoms with van der Waals surface area (Å²) in [4.78, 5) is 20.7. The van der Waals surface area contributed by atoms with Crippen molar-refractivity contribution in [2.24, 2.45) is 22.6 Å². The zero-order chi connectivity index (χ0) is 17.7. The van der Waals surface area contributed by atoms with Crippen molar-refractivity contribution in [2.75, 3.05) is 32.7 Å². The molecule has 0 aromatic carbocycles. The van der Waals surface area contributed by atoms with Crippen molar-refractivity contribution in [3.63, 3.8) is 0 Å². The van der Waals surface area contributed by atoms with E-state index < -0.39 is 5.60 Å². The summed E-state index contributed by atoms with van der Waals surface area (Å²) in [7, 11) is 0. The minimum absolute atomic E-state index is 0.203. The van der Waals surface area contributed by atoms with E-state index in [1.165, 1.54) is 12.8 Å². The van der Waals surface area contributed by atoms with Crippen LogP contribution >= 0.6 is 0 Å². The van der Waals surface area contributed by atoms with Crippen molar-refractivity contribution in [3.05, 3.63) is 0 Å². The third-order valence-electron chi connectivity index (χ3n) is 4.76. The summed E-state index contributed by atoms with van der Waals surface area (Å²) in [6.45, 7) is 12.3. The fourth-order valence-corrected chi connectivity index (χ4v) is 3.34. The van der Waals surface area contributed by atoms with E-state index in [4.69, 9.17) is 10.5 Å². The third kappa shape index (κ3) is 5.87. The maximum Gasteiger partial charge on any atom is 0.410 e. The van der Waals surface area contributed by atoms with Crippen molar-refractivity contribution in [1.82, 2.24) is 9.80 Å². The van der Waals surface area contributed by atoms with Gasteiger partial charge in [0.2, 0.25) is 0 Å². The highest BCUT2D eigenvalue weighted by Crippen LogP contribution is 2.20. The van der Waals surface area contributed by atoms with Gasteiger partial charge >= 0.3 is 6.09 Å². The predicted molar refractivity (Wildman–Crippen MR) is 97.0 cm³/mol. The monoisotopic (exact) mass is 338 g/mol. The van der Waals surface area contributed by atoms with E-state index in [0.717, 1.165) is 45.6 Å². The molecule has 6 heteroatoms. The van der Waals surface area contributed by atoms with Gasteiger partial charge in [0, 0.05) is 32.7 Å². The average molecular weight is 338 g/mol. The van der Waals surface area contributed by atoms with Gasteiger partial charge in [-0.05, 0) is 58.3 Å². The minimum atomic E-state index is -0.432. The standard InChI is InChI=1S/C18H34N4O2/c1-14-6-5-9-22(13-14)16(19)20-12-15-7-10-21(11-8-15)17(23)24-18(2,3)4/h14-15H,5-13H2,1-4H3,(H2,19,20). The molecule has 24 heavy (non-hydrogen) atoms. The number of aliphatic imine (C=N–C) groups is 1. The second-order valence-electron chi connectivity index (χ2n) is 8.30. The SMILES string of the molecule is CC1CCCN(C(N)=NCC2CCN(C(=O)OC(C)(C)C)CC2)C1. The van der Waals surface area contributed by atoms with Crippen molar-refractivity contribution < 1.29 is 9.53 Å². The summed E-state index contributed by atoms with van der Waals surface area (Å²) in [5.74, 6) is 1.89. The first-order chi connectivity index (χ1) is 11.2. The molecule has 2 aliphatic rings. The number of piperidine rings is 2. The number of hydrogen-bond donors (Lipinski definition) is 1. The lowest BCUT2D eigenvalue weighted by Crippen LogP contribution is -2.44. The van der Waals surface area contributed by atoms with Gasteiger partial charge in [-0.1, -0.05) is 6.92 Å². The third-order valence-corrected chi connectivity index (χ3v) is 4.76. The highest BCUT2D eigenvalue weighted by atomic mass is 16.6. The van der Waals surface area contributed by atoms with E-state index in [9.17, 15) is 4.79 Å². The maximum atomic E-state index is 12.1. The van der Waals surface area contributed by atoms with Crippen LogP contribution in [0.4, 0.5) is 4.79 Å². The molecule has 0 spiro atoms. The molecule has 2 rings (SSSR count). The maximum absolute atomic E-state index is 12.1.